The number of anilines is 2. The van der Waals surface area contributed by atoms with E-state index in [0.29, 0.717) is 18.7 Å². The summed E-state index contributed by atoms with van der Waals surface area (Å²) in [6.45, 7) is 3.02. The summed E-state index contributed by atoms with van der Waals surface area (Å²) >= 11 is 0. The van der Waals surface area contributed by atoms with Crippen LogP contribution in [0.3, 0.4) is 0 Å². The van der Waals surface area contributed by atoms with Gasteiger partial charge in [0.1, 0.15) is 30.5 Å². The minimum atomic E-state index is 0.361. The molecule has 1 aliphatic heterocycles. The number of ether oxygens (including phenoxy) is 1. The van der Waals surface area contributed by atoms with Crippen molar-refractivity contribution in [1.29, 1.82) is 0 Å². The van der Waals surface area contributed by atoms with E-state index in [1.165, 1.54) is 38.8 Å². The van der Waals surface area contributed by atoms with E-state index in [2.05, 4.69) is 50.2 Å². The van der Waals surface area contributed by atoms with Gasteiger partial charge in [0, 0.05) is 23.8 Å². The van der Waals surface area contributed by atoms with E-state index in [1.807, 2.05) is 35.0 Å². The molecule has 2 unspecified atom stereocenters. The van der Waals surface area contributed by atoms with Gasteiger partial charge in [0.25, 0.3) is 0 Å². The second-order valence-corrected chi connectivity index (χ2v) is 9.67. The number of aromatic nitrogens is 4. The van der Waals surface area contributed by atoms with Gasteiger partial charge in [-0.05, 0) is 62.9 Å². The van der Waals surface area contributed by atoms with Crippen LogP contribution in [0.15, 0.2) is 73.4 Å². The minimum absolute atomic E-state index is 0.361. The molecule has 7 heteroatoms. The number of benzene rings is 2. The lowest BCUT2D eigenvalue weighted by atomic mass is 10.1. The van der Waals surface area contributed by atoms with Gasteiger partial charge in [-0.3, -0.25) is 0 Å². The third-order valence-corrected chi connectivity index (χ3v) is 7.43. The van der Waals surface area contributed by atoms with E-state index < -0.39 is 0 Å². The van der Waals surface area contributed by atoms with Crippen molar-refractivity contribution in [3.8, 4) is 5.75 Å². The lowest BCUT2D eigenvalue weighted by molar-refractivity contribution is 0.164. The maximum Gasteiger partial charge on any atom is 0.162 e. The average molecular weight is 469 g/mol. The zero-order valence-electron chi connectivity index (χ0n) is 20.0. The molecule has 2 aliphatic rings. The fourth-order valence-corrected chi connectivity index (χ4v) is 5.68. The Morgan fingerprint density at radius 2 is 1.86 bits per heavy atom. The predicted molar refractivity (Wildman–Crippen MR) is 137 cm³/mol. The third-order valence-electron chi connectivity index (χ3n) is 7.43. The number of nitrogens with zero attached hydrogens (tertiary/aromatic N) is 6. The van der Waals surface area contributed by atoms with E-state index in [9.17, 15) is 0 Å². The molecule has 7 nitrogen and oxygen atoms in total. The Kier molecular flexibility index (Phi) is 6.32. The van der Waals surface area contributed by atoms with Gasteiger partial charge < -0.3 is 14.5 Å². The summed E-state index contributed by atoms with van der Waals surface area (Å²) < 4.78 is 7.99. The van der Waals surface area contributed by atoms with Gasteiger partial charge in [-0.15, -0.1) is 0 Å². The molecular weight excluding hydrogens is 436 g/mol. The summed E-state index contributed by atoms with van der Waals surface area (Å²) in [6.07, 6.45) is 12.8. The molecule has 2 aromatic heterocycles. The van der Waals surface area contributed by atoms with Crippen LogP contribution in [0.2, 0.25) is 0 Å². The second-order valence-electron chi connectivity index (χ2n) is 9.67. The molecule has 2 aromatic carbocycles. The van der Waals surface area contributed by atoms with Crippen molar-refractivity contribution in [3.63, 3.8) is 0 Å². The third kappa shape index (κ3) is 4.73. The van der Waals surface area contributed by atoms with Crippen molar-refractivity contribution in [2.75, 3.05) is 18.0 Å². The first kappa shape index (κ1) is 22.0. The van der Waals surface area contributed by atoms with Crippen LogP contribution >= 0.6 is 0 Å². The maximum atomic E-state index is 6.18. The summed E-state index contributed by atoms with van der Waals surface area (Å²) in [5.74, 6) is 1.77. The number of likely N-dealkylation sites (tertiary alicyclic amines) is 1. The van der Waals surface area contributed by atoms with E-state index >= 15 is 0 Å². The monoisotopic (exact) mass is 468 g/mol. The zero-order valence-corrected chi connectivity index (χ0v) is 20.0. The largest absolute Gasteiger partial charge is 0.489 e. The molecule has 0 spiro atoms. The topological polar surface area (TPSA) is 58.8 Å². The van der Waals surface area contributed by atoms with Gasteiger partial charge in [-0.25, -0.2) is 14.5 Å². The van der Waals surface area contributed by atoms with Gasteiger partial charge in [-0.2, -0.15) is 5.10 Å². The van der Waals surface area contributed by atoms with Crippen LogP contribution in [0.1, 0.15) is 44.1 Å². The van der Waals surface area contributed by atoms with Crippen LogP contribution in [0, 0.1) is 0 Å². The Morgan fingerprint density at radius 1 is 0.971 bits per heavy atom. The van der Waals surface area contributed by atoms with Crippen LogP contribution in [-0.4, -0.2) is 49.7 Å². The Morgan fingerprint density at radius 3 is 2.74 bits per heavy atom. The molecule has 2 fully saturated rings. The van der Waals surface area contributed by atoms with Crippen LogP contribution in [0.5, 0.6) is 5.75 Å². The molecule has 6 rings (SSSR count). The minimum Gasteiger partial charge on any atom is -0.489 e. The Labute approximate surface area is 206 Å². The molecule has 1 saturated carbocycles. The number of hydrogen-bond donors (Lipinski definition) is 0. The normalized spacial score (nSPS) is 20.8. The quantitative estimate of drug-likeness (QED) is 0.369. The first-order chi connectivity index (χ1) is 17.3. The molecule has 35 heavy (non-hydrogen) atoms. The SMILES string of the molecule is c1ccc(COc2cccc(N(c3ncnn4cncc34)C3CCC(N4CCCCC4)C3)c2)cc1. The highest BCUT2D eigenvalue weighted by Gasteiger charge is 2.35. The highest BCUT2D eigenvalue weighted by atomic mass is 16.5. The molecule has 1 saturated heterocycles. The predicted octanol–water partition coefficient (Wildman–Crippen LogP) is 5.25. The fraction of sp³-hybridized carbons (Fsp3) is 0.393. The lowest BCUT2D eigenvalue weighted by Crippen LogP contribution is -2.39. The number of imidazole rings is 1. The average Bonchev–Trinajstić information content (AvgIpc) is 3.60. The van der Waals surface area contributed by atoms with Crippen LogP contribution < -0.4 is 9.64 Å². The molecule has 180 valence electrons. The highest BCUT2D eigenvalue weighted by Crippen LogP contribution is 2.39. The van der Waals surface area contributed by atoms with Crippen LogP contribution in [0.25, 0.3) is 5.52 Å². The lowest BCUT2D eigenvalue weighted by Gasteiger charge is -2.34. The first-order valence-electron chi connectivity index (χ1n) is 12.8. The molecule has 1 aliphatic carbocycles. The van der Waals surface area contributed by atoms with E-state index in [4.69, 9.17) is 9.72 Å². The summed E-state index contributed by atoms with van der Waals surface area (Å²) in [7, 11) is 0. The van der Waals surface area contributed by atoms with Gasteiger partial charge >= 0.3 is 0 Å². The van der Waals surface area contributed by atoms with Crippen molar-refractivity contribution >= 4 is 17.0 Å². The highest BCUT2D eigenvalue weighted by molar-refractivity contribution is 5.75. The molecule has 0 radical (unpaired) electrons. The maximum absolute atomic E-state index is 6.18. The van der Waals surface area contributed by atoms with Gasteiger partial charge in [0.15, 0.2) is 5.82 Å². The van der Waals surface area contributed by atoms with Crippen LogP contribution in [-0.2, 0) is 6.61 Å². The van der Waals surface area contributed by atoms with Crippen molar-refractivity contribution in [1.82, 2.24) is 24.5 Å². The Bertz CT molecular complexity index is 1250. The molecule has 4 aromatic rings. The number of fused-ring (bicyclic) bond motifs is 1. The van der Waals surface area contributed by atoms with E-state index in [1.54, 1.807) is 12.7 Å². The summed E-state index contributed by atoms with van der Waals surface area (Å²) in [5.41, 5.74) is 3.18. The fourth-order valence-electron chi connectivity index (χ4n) is 5.68. The van der Waals surface area contributed by atoms with E-state index in [-0.39, 0.29) is 0 Å². The number of piperidine rings is 1. The van der Waals surface area contributed by atoms with Crippen molar-refractivity contribution in [3.05, 3.63) is 79.0 Å². The van der Waals surface area contributed by atoms with Crippen LogP contribution in [0.4, 0.5) is 11.5 Å². The molecule has 0 amide bonds. The smallest absolute Gasteiger partial charge is 0.162 e. The summed E-state index contributed by atoms with van der Waals surface area (Å²) in [5, 5.41) is 4.36. The molecule has 3 heterocycles. The van der Waals surface area contributed by atoms with Gasteiger partial charge in [-0.1, -0.05) is 42.8 Å². The molecule has 2 atom stereocenters. The first-order valence-corrected chi connectivity index (χ1v) is 12.8. The standard InChI is InChI=1S/C28H32N6O/c1-3-8-22(9-4-1)19-35-26-11-7-10-24(17-26)34(28-27-18-29-21-33(27)31-20-30-28)25-13-12-23(16-25)32-14-5-2-6-15-32/h1,3-4,7-11,17-18,20-21,23,25H,2,5-6,12-16,19H2. The van der Waals surface area contributed by atoms with Crippen molar-refractivity contribution in [2.24, 2.45) is 0 Å². The van der Waals surface area contributed by atoms with Crippen molar-refractivity contribution < 1.29 is 4.74 Å². The second kappa shape index (κ2) is 10.0. The summed E-state index contributed by atoms with van der Waals surface area (Å²) in [4.78, 5) is 14.2. The Balaban J connectivity index is 1.31. The van der Waals surface area contributed by atoms with Crippen molar-refractivity contribution in [2.45, 2.75) is 57.2 Å². The molecule has 0 bridgehead atoms. The summed E-state index contributed by atoms with van der Waals surface area (Å²) in [6, 6.07) is 19.7. The van der Waals surface area contributed by atoms with Gasteiger partial charge in [0.2, 0.25) is 0 Å². The van der Waals surface area contributed by atoms with Gasteiger partial charge in [0.05, 0.1) is 6.20 Å². The Hall–Kier alpha value is -3.45. The molecular formula is C28H32N6O. The molecule has 0 N–H and O–H groups in total. The zero-order chi connectivity index (χ0) is 23.5. The van der Waals surface area contributed by atoms with E-state index in [0.717, 1.165) is 41.2 Å². The number of rotatable bonds is 7. The number of hydrogen-bond acceptors (Lipinski definition) is 6.